The second kappa shape index (κ2) is 10.2. The third-order valence-corrected chi connectivity index (χ3v) is 5.59. The average molecular weight is 497 g/mol. The van der Waals surface area contributed by atoms with Crippen LogP contribution in [0.2, 0.25) is 0 Å². The van der Waals surface area contributed by atoms with Gasteiger partial charge in [0.25, 0.3) is 11.5 Å². The number of ether oxygens (including phenoxy) is 1. The van der Waals surface area contributed by atoms with E-state index in [-0.39, 0.29) is 17.9 Å². The number of hydrogen-bond acceptors (Lipinski definition) is 6. The number of H-pyrrole nitrogens is 1. The van der Waals surface area contributed by atoms with Gasteiger partial charge in [0, 0.05) is 30.3 Å². The first kappa shape index (κ1) is 24.9. The lowest BCUT2D eigenvalue weighted by Crippen LogP contribution is -2.53. The molecule has 4 N–H and O–H groups in total. The van der Waals surface area contributed by atoms with E-state index in [4.69, 9.17) is 5.73 Å². The summed E-state index contributed by atoms with van der Waals surface area (Å²) in [5.41, 5.74) is 7.97. The van der Waals surface area contributed by atoms with E-state index >= 15 is 0 Å². The van der Waals surface area contributed by atoms with Crippen molar-refractivity contribution in [2.45, 2.75) is 31.4 Å². The average Bonchev–Trinajstić information content (AvgIpc) is 3.21. The van der Waals surface area contributed by atoms with Gasteiger partial charge in [0.15, 0.2) is 0 Å². The van der Waals surface area contributed by atoms with Gasteiger partial charge >= 0.3 is 6.36 Å². The molecule has 1 aliphatic rings. The highest BCUT2D eigenvalue weighted by Crippen LogP contribution is 2.27. The van der Waals surface area contributed by atoms with Gasteiger partial charge in [-0.1, -0.05) is 42.5 Å². The number of carbonyl (C=O) groups excluding carboxylic acids is 1. The van der Waals surface area contributed by atoms with E-state index in [1.165, 1.54) is 18.3 Å². The number of halogens is 3. The van der Waals surface area contributed by atoms with Crippen molar-refractivity contribution < 1.29 is 22.7 Å². The monoisotopic (exact) mass is 497 g/mol. The normalized spacial score (nSPS) is 17.1. The van der Waals surface area contributed by atoms with E-state index in [1.54, 1.807) is 18.3 Å². The molecule has 2 heterocycles. The Labute approximate surface area is 203 Å². The number of aromatic nitrogens is 1. The van der Waals surface area contributed by atoms with Gasteiger partial charge in [-0.05, 0) is 41.3 Å². The number of alkyl halides is 3. The number of nitrogens with one attached hydrogen (secondary N) is 2. The minimum atomic E-state index is -4.78. The van der Waals surface area contributed by atoms with Crippen LogP contribution in [-0.4, -0.2) is 22.9 Å². The summed E-state index contributed by atoms with van der Waals surface area (Å²) in [5, 5.41) is 10.4. The van der Waals surface area contributed by atoms with Crippen LogP contribution in [0.25, 0.3) is 0 Å². The third kappa shape index (κ3) is 6.05. The number of nitrogens with two attached hydrogens (primary N) is 1. The van der Waals surface area contributed by atoms with Gasteiger partial charge < -0.3 is 15.0 Å². The van der Waals surface area contributed by atoms with Crippen molar-refractivity contribution in [1.82, 2.24) is 10.3 Å². The van der Waals surface area contributed by atoms with Gasteiger partial charge in [0.1, 0.15) is 5.75 Å². The first-order chi connectivity index (χ1) is 17.1. The number of nitrogens with zero attached hydrogens (tertiary/aromatic N) is 2. The van der Waals surface area contributed by atoms with E-state index < -0.39 is 17.9 Å². The van der Waals surface area contributed by atoms with Crippen LogP contribution in [0.4, 0.5) is 13.2 Å². The number of benzene rings is 2. The number of hydrogen-bond donors (Lipinski definition) is 3. The smallest absolute Gasteiger partial charge is 0.406 e. The van der Waals surface area contributed by atoms with E-state index in [0.29, 0.717) is 29.5 Å². The summed E-state index contributed by atoms with van der Waals surface area (Å²) in [6, 6.07) is 16.2. The first-order valence-electron chi connectivity index (χ1n) is 10.9. The van der Waals surface area contributed by atoms with Gasteiger partial charge in [-0.15, -0.1) is 13.2 Å². The molecule has 1 aromatic heterocycles. The quantitative estimate of drug-likeness (QED) is 0.439. The summed E-state index contributed by atoms with van der Waals surface area (Å²) in [4.78, 5) is 27.4. The van der Waals surface area contributed by atoms with Crippen LogP contribution in [0.15, 0.2) is 93.7 Å². The summed E-state index contributed by atoms with van der Waals surface area (Å²) < 4.78 is 40.7. The van der Waals surface area contributed by atoms with Gasteiger partial charge in [-0.3, -0.25) is 15.3 Å². The lowest BCUT2D eigenvalue weighted by molar-refractivity contribution is -0.274. The summed E-state index contributed by atoms with van der Waals surface area (Å²) in [5.74, 6) is -0.949. The third-order valence-electron chi connectivity index (χ3n) is 5.59. The first-order valence-corrected chi connectivity index (χ1v) is 10.9. The van der Waals surface area contributed by atoms with Crippen LogP contribution in [0.3, 0.4) is 0 Å². The summed E-state index contributed by atoms with van der Waals surface area (Å²) in [7, 11) is 0. The SMILES string of the molecule is NC1(C(=O)NCc2ccc(OC(F)(F)F)cc2)N=NC=C1Cc1ccc(Cc2ccc[nH]c2=O)cc1. The fourth-order valence-corrected chi connectivity index (χ4v) is 3.66. The van der Waals surface area contributed by atoms with Crippen molar-refractivity contribution in [3.63, 3.8) is 0 Å². The molecule has 186 valence electrons. The fraction of sp³-hybridized carbons (Fsp3) is 0.200. The number of azo groups is 1. The number of aromatic amines is 1. The van der Waals surface area contributed by atoms with Gasteiger partial charge in [0.2, 0.25) is 5.66 Å². The number of carbonyl (C=O) groups is 1. The molecule has 36 heavy (non-hydrogen) atoms. The summed E-state index contributed by atoms with van der Waals surface area (Å²) in [6.45, 7) is 0.0280. The van der Waals surface area contributed by atoms with E-state index in [1.807, 2.05) is 24.3 Å². The minimum absolute atomic E-state index is 0.0280. The Morgan fingerprint density at radius 3 is 2.28 bits per heavy atom. The maximum atomic E-state index is 12.8. The molecule has 0 radical (unpaired) electrons. The Hall–Kier alpha value is -4.25. The topological polar surface area (TPSA) is 122 Å². The summed E-state index contributed by atoms with van der Waals surface area (Å²) in [6.07, 6.45) is -0.943. The van der Waals surface area contributed by atoms with Crippen LogP contribution in [0, 0.1) is 0 Å². The largest absolute Gasteiger partial charge is 0.573 e. The standard InChI is InChI=1S/C25H22F3N5O3/c26-25(27,28)36-21-9-7-18(8-10-21)14-31-23(35)24(29)20(15-32-33-24)13-17-5-3-16(4-6-17)12-19-2-1-11-30-22(19)34/h1-11,15H,12-14,29H2,(H,30,34)(H,31,35). The second-order valence-electron chi connectivity index (χ2n) is 8.21. The van der Waals surface area contributed by atoms with Crippen molar-refractivity contribution in [1.29, 1.82) is 0 Å². The molecule has 1 aliphatic heterocycles. The van der Waals surface area contributed by atoms with Crippen molar-refractivity contribution in [3.05, 3.63) is 111 Å². The molecule has 0 aliphatic carbocycles. The Balaban J connectivity index is 1.35. The van der Waals surface area contributed by atoms with Crippen molar-refractivity contribution in [2.24, 2.45) is 16.0 Å². The zero-order valence-electron chi connectivity index (χ0n) is 18.9. The Kier molecular flexibility index (Phi) is 7.02. The zero-order chi connectivity index (χ0) is 25.8. The maximum absolute atomic E-state index is 12.8. The van der Waals surface area contributed by atoms with Gasteiger partial charge in [-0.2, -0.15) is 10.2 Å². The van der Waals surface area contributed by atoms with E-state index in [2.05, 4.69) is 25.3 Å². The highest BCUT2D eigenvalue weighted by Gasteiger charge is 2.41. The minimum Gasteiger partial charge on any atom is -0.406 e. The Morgan fingerprint density at radius 1 is 1.00 bits per heavy atom. The van der Waals surface area contributed by atoms with Crippen LogP contribution in [0.1, 0.15) is 22.3 Å². The molecule has 0 saturated heterocycles. The van der Waals surface area contributed by atoms with Crippen molar-refractivity contribution in [2.75, 3.05) is 0 Å². The molecule has 8 nitrogen and oxygen atoms in total. The lowest BCUT2D eigenvalue weighted by atomic mass is 9.93. The molecular weight excluding hydrogens is 475 g/mol. The Bertz CT molecular complexity index is 1350. The highest BCUT2D eigenvalue weighted by molar-refractivity contribution is 5.89. The molecule has 1 unspecified atom stereocenters. The van der Waals surface area contributed by atoms with Gasteiger partial charge in [0.05, 0.1) is 6.20 Å². The van der Waals surface area contributed by atoms with Gasteiger partial charge in [-0.25, -0.2) is 0 Å². The number of pyridine rings is 1. The Morgan fingerprint density at radius 2 is 1.64 bits per heavy atom. The molecule has 11 heteroatoms. The lowest BCUT2D eigenvalue weighted by Gasteiger charge is -2.22. The number of amides is 1. The van der Waals surface area contributed by atoms with Crippen molar-refractivity contribution in [3.8, 4) is 5.75 Å². The van der Waals surface area contributed by atoms with Crippen molar-refractivity contribution >= 4 is 5.91 Å². The van der Waals surface area contributed by atoms with E-state index in [9.17, 15) is 22.8 Å². The molecular formula is C25H22F3N5O3. The summed E-state index contributed by atoms with van der Waals surface area (Å²) >= 11 is 0. The van der Waals surface area contributed by atoms with Crippen LogP contribution in [-0.2, 0) is 24.2 Å². The molecule has 1 atom stereocenters. The maximum Gasteiger partial charge on any atom is 0.573 e. The fourth-order valence-electron chi connectivity index (χ4n) is 3.66. The van der Waals surface area contributed by atoms with Crippen LogP contribution < -0.4 is 21.3 Å². The number of rotatable bonds is 8. The molecule has 4 rings (SSSR count). The molecule has 0 bridgehead atoms. The molecule has 3 aromatic rings. The van der Waals surface area contributed by atoms with E-state index in [0.717, 1.165) is 23.3 Å². The predicted octanol–water partition coefficient (Wildman–Crippen LogP) is 3.73. The molecule has 0 fully saturated rings. The van der Waals surface area contributed by atoms with Crippen LogP contribution in [0.5, 0.6) is 5.75 Å². The molecule has 2 aromatic carbocycles. The predicted molar refractivity (Wildman–Crippen MR) is 125 cm³/mol. The molecule has 1 amide bonds. The second-order valence-corrected chi connectivity index (χ2v) is 8.21. The zero-order valence-corrected chi connectivity index (χ0v) is 18.9. The molecule has 0 spiro atoms. The van der Waals surface area contributed by atoms with Crippen LogP contribution >= 0.6 is 0 Å². The molecule has 0 saturated carbocycles. The highest BCUT2D eigenvalue weighted by atomic mass is 19.4.